The zero-order chi connectivity index (χ0) is 22.3. The highest BCUT2D eigenvalue weighted by Gasteiger charge is 2.56. The predicted octanol–water partition coefficient (Wildman–Crippen LogP) is 1.46. The van der Waals surface area contributed by atoms with Crippen LogP contribution >= 0.6 is 0 Å². The van der Waals surface area contributed by atoms with Crippen molar-refractivity contribution in [1.29, 1.82) is 0 Å². The summed E-state index contributed by atoms with van der Waals surface area (Å²) in [4.78, 5) is 12.7. The van der Waals surface area contributed by atoms with Gasteiger partial charge in [-0.1, -0.05) is 43.5 Å². The summed E-state index contributed by atoms with van der Waals surface area (Å²) < 4.78 is 7.86. The third-order valence-electron chi connectivity index (χ3n) is 7.02. The second kappa shape index (κ2) is 8.40. The topological polar surface area (TPSA) is 140 Å². The number of hydrogen-bond donors (Lipinski definition) is 4. The van der Waals surface area contributed by atoms with Crippen LogP contribution in [0.4, 0.5) is 5.82 Å². The first-order valence-corrected chi connectivity index (χ1v) is 11.2. The predicted molar refractivity (Wildman–Crippen MR) is 118 cm³/mol. The van der Waals surface area contributed by atoms with Crippen molar-refractivity contribution in [3.63, 3.8) is 0 Å². The van der Waals surface area contributed by atoms with Crippen LogP contribution in [-0.2, 0) is 16.9 Å². The molecule has 0 bridgehead atoms. The number of benzene rings is 1. The van der Waals surface area contributed by atoms with Crippen LogP contribution < -0.4 is 5.73 Å². The van der Waals surface area contributed by atoms with Crippen molar-refractivity contribution in [1.82, 2.24) is 19.5 Å². The molecular weight excluding hydrogens is 410 g/mol. The molecule has 1 aromatic carbocycles. The first kappa shape index (κ1) is 21.3. The molecule has 9 nitrogen and oxygen atoms in total. The Morgan fingerprint density at radius 1 is 1.09 bits per heavy atom. The molecule has 0 amide bonds. The molecule has 2 aromatic heterocycles. The van der Waals surface area contributed by atoms with Gasteiger partial charge in [0, 0.05) is 6.42 Å². The minimum atomic E-state index is -1.41. The molecule has 9 heteroatoms. The molecule has 1 aliphatic heterocycles. The lowest BCUT2D eigenvalue weighted by Gasteiger charge is -2.35. The second-order valence-corrected chi connectivity index (χ2v) is 8.88. The Bertz CT molecular complexity index is 1100. The summed E-state index contributed by atoms with van der Waals surface area (Å²) in [6.07, 6.45) is 5.54. The lowest BCUT2D eigenvalue weighted by atomic mass is 9.80. The van der Waals surface area contributed by atoms with Crippen LogP contribution in [-0.4, -0.2) is 59.8 Å². The minimum absolute atomic E-state index is 0.221. The molecule has 1 saturated carbocycles. The third-order valence-corrected chi connectivity index (χ3v) is 7.02. The van der Waals surface area contributed by atoms with Crippen molar-refractivity contribution in [2.45, 2.75) is 68.5 Å². The molecule has 5 N–H and O–H groups in total. The first-order chi connectivity index (χ1) is 15.5. The molecule has 2 fully saturated rings. The van der Waals surface area contributed by atoms with Crippen molar-refractivity contribution in [3.05, 3.63) is 48.0 Å². The lowest BCUT2D eigenvalue weighted by molar-refractivity contribution is -0.145. The maximum absolute atomic E-state index is 11.3. The molecule has 1 saturated heterocycles. The molecule has 3 heterocycles. The molecule has 4 atom stereocenters. The number of rotatable bonds is 5. The summed E-state index contributed by atoms with van der Waals surface area (Å²) in [5, 5.41) is 31.8. The Hall–Kier alpha value is -2.59. The largest absolute Gasteiger partial charge is 0.394 e. The minimum Gasteiger partial charge on any atom is -0.394 e. The van der Waals surface area contributed by atoms with Gasteiger partial charge >= 0.3 is 0 Å². The Kier molecular flexibility index (Phi) is 5.58. The van der Waals surface area contributed by atoms with Crippen LogP contribution in [0.1, 0.15) is 49.1 Å². The standard InChI is InChI=1S/C23H29N5O4/c24-21-18-22(26-12-25-21)28(13-27-18)23(20(31)19(30)17(11-29)32-23)10-15-8-4-5-9-16(15)14-6-2-1-3-7-14/h4-5,8-9,12-14,17,19-20,29-31H,1-3,6-7,10-11H2,(H2,24,25,26)/t17-,19-,20-,23-/m1/s1. The van der Waals surface area contributed by atoms with Crippen LogP contribution in [0.2, 0.25) is 0 Å². The first-order valence-electron chi connectivity index (χ1n) is 11.2. The van der Waals surface area contributed by atoms with Gasteiger partial charge in [0.15, 0.2) is 17.2 Å². The summed E-state index contributed by atoms with van der Waals surface area (Å²) in [7, 11) is 0. The van der Waals surface area contributed by atoms with Crippen molar-refractivity contribution in [2.24, 2.45) is 0 Å². The van der Waals surface area contributed by atoms with Crippen molar-refractivity contribution in [3.8, 4) is 0 Å². The van der Waals surface area contributed by atoms with Gasteiger partial charge in [-0.2, -0.15) is 0 Å². The van der Waals surface area contributed by atoms with Gasteiger partial charge in [-0.25, -0.2) is 15.0 Å². The van der Waals surface area contributed by atoms with Gasteiger partial charge < -0.3 is 25.8 Å². The molecule has 2 aliphatic rings. The van der Waals surface area contributed by atoms with Crippen LogP contribution in [0.3, 0.4) is 0 Å². The molecule has 32 heavy (non-hydrogen) atoms. The van der Waals surface area contributed by atoms with E-state index in [4.69, 9.17) is 10.5 Å². The van der Waals surface area contributed by atoms with E-state index < -0.39 is 30.6 Å². The zero-order valence-electron chi connectivity index (χ0n) is 17.8. The highest BCUT2D eigenvalue weighted by molar-refractivity contribution is 5.81. The molecule has 0 radical (unpaired) electrons. The fourth-order valence-corrected chi connectivity index (χ4v) is 5.36. The Morgan fingerprint density at radius 2 is 1.88 bits per heavy atom. The van der Waals surface area contributed by atoms with Gasteiger partial charge in [-0.05, 0) is 29.9 Å². The summed E-state index contributed by atoms with van der Waals surface area (Å²) in [6, 6.07) is 8.20. The van der Waals surface area contributed by atoms with E-state index in [1.54, 1.807) is 4.57 Å². The van der Waals surface area contributed by atoms with Crippen LogP contribution in [0.15, 0.2) is 36.9 Å². The summed E-state index contributed by atoms with van der Waals surface area (Å²) in [5.41, 5.74) is 7.64. The maximum atomic E-state index is 11.3. The van der Waals surface area contributed by atoms with E-state index in [1.807, 2.05) is 18.2 Å². The van der Waals surface area contributed by atoms with Crippen molar-refractivity contribution >= 4 is 17.0 Å². The highest BCUT2D eigenvalue weighted by atomic mass is 16.6. The Balaban J connectivity index is 1.64. The number of hydrogen-bond acceptors (Lipinski definition) is 8. The second-order valence-electron chi connectivity index (χ2n) is 8.88. The Morgan fingerprint density at radius 3 is 2.62 bits per heavy atom. The van der Waals surface area contributed by atoms with Crippen molar-refractivity contribution in [2.75, 3.05) is 12.3 Å². The van der Waals surface area contributed by atoms with Gasteiger partial charge in [0.2, 0.25) is 0 Å². The summed E-state index contributed by atoms with van der Waals surface area (Å²) in [6.45, 7) is -0.423. The maximum Gasteiger partial charge on any atom is 0.180 e. The van der Waals surface area contributed by atoms with Gasteiger partial charge in [0.05, 0.1) is 12.9 Å². The van der Waals surface area contributed by atoms with E-state index in [0.29, 0.717) is 17.1 Å². The molecule has 5 rings (SSSR count). The average Bonchev–Trinajstić information content (AvgIpc) is 3.37. The third kappa shape index (κ3) is 3.36. The number of fused-ring (bicyclic) bond motifs is 1. The van der Waals surface area contributed by atoms with E-state index in [0.717, 1.165) is 18.4 Å². The number of ether oxygens (including phenoxy) is 1. The number of aliphatic hydroxyl groups is 3. The Labute approximate surface area is 185 Å². The quantitative estimate of drug-likeness (QED) is 0.469. The summed E-state index contributed by atoms with van der Waals surface area (Å²) in [5.74, 6) is 0.671. The summed E-state index contributed by atoms with van der Waals surface area (Å²) >= 11 is 0. The van der Waals surface area contributed by atoms with Gasteiger partial charge in [0.1, 0.15) is 30.2 Å². The molecule has 0 spiro atoms. The molecular formula is C23H29N5O4. The molecule has 0 unspecified atom stereocenters. The number of nitrogen functional groups attached to an aromatic ring is 1. The van der Waals surface area contributed by atoms with Crippen LogP contribution in [0.5, 0.6) is 0 Å². The van der Waals surface area contributed by atoms with E-state index >= 15 is 0 Å². The number of aromatic nitrogens is 4. The average molecular weight is 440 g/mol. The SMILES string of the molecule is Nc1ncnc2c1ncn2[C@]1(Cc2ccccc2C2CCCCC2)O[C@H](CO)[C@@H](O)[C@H]1O. The normalized spacial score (nSPS) is 29.0. The molecule has 3 aromatic rings. The fourth-order valence-electron chi connectivity index (χ4n) is 5.36. The van der Waals surface area contributed by atoms with E-state index in [1.165, 1.54) is 37.5 Å². The van der Waals surface area contributed by atoms with E-state index in [-0.39, 0.29) is 12.2 Å². The smallest absolute Gasteiger partial charge is 0.180 e. The van der Waals surface area contributed by atoms with Gasteiger partial charge in [-0.3, -0.25) is 4.57 Å². The zero-order valence-corrected chi connectivity index (χ0v) is 17.8. The van der Waals surface area contributed by atoms with Crippen LogP contribution in [0.25, 0.3) is 11.2 Å². The number of imidazole rings is 1. The number of nitrogens with two attached hydrogens (primary N) is 1. The lowest BCUT2D eigenvalue weighted by Crippen LogP contribution is -2.47. The molecule has 170 valence electrons. The number of aliphatic hydroxyl groups excluding tert-OH is 3. The van der Waals surface area contributed by atoms with Crippen LogP contribution in [0, 0.1) is 0 Å². The highest BCUT2D eigenvalue weighted by Crippen LogP contribution is 2.43. The molecule has 1 aliphatic carbocycles. The van der Waals surface area contributed by atoms with Gasteiger partial charge in [-0.15, -0.1) is 0 Å². The fraction of sp³-hybridized carbons (Fsp3) is 0.522. The monoisotopic (exact) mass is 439 g/mol. The van der Waals surface area contributed by atoms with E-state index in [2.05, 4.69) is 21.0 Å². The van der Waals surface area contributed by atoms with E-state index in [9.17, 15) is 15.3 Å². The van der Waals surface area contributed by atoms with Gasteiger partial charge in [0.25, 0.3) is 0 Å². The number of nitrogens with zero attached hydrogens (tertiary/aromatic N) is 4. The number of anilines is 1. The van der Waals surface area contributed by atoms with Crippen molar-refractivity contribution < 1.29 is 20.1 Å².